The molecule has 134 valence electrons. The summed E-state index contributed by atoms with van der Waals surface area (Å²) >= 11 is 0. The van der Waals surface area contributed by atoms with E-state index in [0.29, 0.717) is 5.57 Å². The smallest absolute Gasteiger partial charge is 0.410 e. The number of nitrogens with zero attached hydrogens (tertiary/aromatic N) is 2. The normalized spacial score (nSPS) is 30.4. The third kappa shape index (κ3) is 4.02. The second-order valence-electron chi connectivity index (χ2n) is 6.33. The van der Waals surface area contributed by atoms with E-state index in [2.05, 4.69) is 5.18 Å². The van der Waals surface area contributed by atoms with Gasteiger partial charge in [0, 0.05) is 31.9 Å². The summed E-state index contributed by atoms with van der Waals surface area (Å²) in [4.78, 5) is 25.3. The van der Waals surface area contributed by atoms with Crippen LogP contribution in [0.1, 0.15) is 33.1 Å². The third-order valence-corrected chi connectivity index (χ3v) is 4.74. The summed E-state index contributed by atoms with van der Waals surface area (Å²) in [5.74, 6) is 0. The van der Waals surface area contributed by atoms with Crippen molar-refractivity contribution in [2.24, 2.45) is 5.18 Å². The maximum Gasteiger partial charge on any atom is 0.410 e. The number of rotatable bonds is 5. The van der Waals surface area contributed by atoms with Gasteiger partial charge in [0.15, 0.2) is 0 Å². The first kappa shape index (κ1) is 18.6. The highest BCUT2D eigenvalue weighted by Gasteiger charge is 2.31. The van der Waals surface area contributed by atoms with Crippen molar-refractivity contribution in [3.05, 3.63) is 28.3 Å². The molecule has 1 aliphatic carbocycles. The monoisotopic (exact) mass is 338 g/mol. The Kier molecular flexibility index (Phi) is 6.51. The molecule has 1 amide bonds. The fraction of sp³-hybridized carbons (Fsp3) is 0.706. The van der Waals surface area contributed by atoms with Crippen molar-refractivity contribution >= 4 is 6.09 Å². The van der Waals surface area contributed by atoms with E-state index in [0.717, 1.165) is 19.3 Å². The van der Waals surface area contributed by atoms with Gasteiger partial charge < -0.3 is 19.1 Å². The molecule has 7 nitrogen and oxygen atoms in total. The van der Waals surface area contributed by atoms with Crippen LogP contribution >= 0.6 is 0 Å². The molecule has 0 spiro atoms. The predicted octanol–water partition coefficient (Wildman–Crippen LogP) is 3.01. The van der Waals surface area contributed by atoms with Gasteiger partial charge in [0.25, 0.3) is 0 Å². The summed E-state index contributed by atoms with van der Waals surface area (Å²) in [5.41, 5.74) is 0.763. The van der Waals surface area contributed by atoms with Gasteiger partial charge in [-0.1, -0.05) is 0 Å². The van der Waals surface area contributed by atoms with Gasteiger partial charge in [-0.25, -0.2) is 4.79 Å². The molecule has 0 saturated carbocycles. The van der Waals surface area contributed by atoms with E-state index in [1.54, 1.807) is 24.2 Å². The van der Waals surface area contributed by atoms with Crippen LogP contribution in [0.25, 0.3) is 0 Å². The Labute approximate surface area is 142 Å². The lowest BCUT2D eigenvalue weighted by Gasteiger charge is -2.38. The second kappa shape index (κ2) is 8.39. The molecule has 1 heterocycles. The van der Waals surface area contributed by atoms with Crippen molar-refractivity contribution in [1.82, 2.24) is 4.90 Å². The van der Waals surface area contributed by atoms with Crippen LogP contribution in [0.15, 0.2) is 28.6 Å². The van der Waals surface area contributed by atoms with Crippen molar-refractivity contribution in [2.75, 3.05) is 20.8 Å². The molecule has 2 aliphatic rings. The van der Waals surface area contributed by atoms with E-state index >= 15 is 0 Å². The lowest BCUT2D eigenvalue weighted by atomic mass is 9.98. The van der Waals surface area contributed by atoms with Crippen LogP contribution in [-0.2, 0) is 14.2 Å². The number of hydrogen-bond donors (Lipinski definition) is 0. The minimum absolute atomic E-state index is 0.0113. The molecule has 2 rings (SSSR count). The van der Waals surface area contributed by atoms with Gasteiger partial charge in [-0.05, 0) is 50.4 Å². The summed E-state index contributed by atoms with van der Waals surface area (Å²) in [6.45, 7) is 4.04. The van der Waals surface area contributed by atoms with Gasteiger partial charge in [0.05, 0.1) is 0 Å². The highest BCUT2D eigenvalue weighted by molar-refractivity contribution is 5.69. The average molecular weight is 338 g/mol. The molecule has 4 unspecified atom stereocenters. The molecule has 0 aromatic carbocycles. The molecular formula is C17H26N2O5. The molecule has 0 N–H and O–H groups in total. The Bertz CT molecular complexity index is 521. The van der Waals surface area contributed by atoms with Crippen molar-refractivity contribution in [3.8, 4) is 0 Å². The number of methoxy groups -OCH3 is 2. The quantitative estimate of drug-likeness (QED) is 0.720. The Hall–Kier alpha value is -1.73. The lowest BCUT2D eigenvalue weighted by molar-refractivity contribution is 0.0119. The van der Waals surface area contributed by atoms with Gasteiger partial charge in [0.1, 0.15) is 24.5 Å². The minimum Gasteiger partial charge on any atom is -0.444 e. The molecule has 7 heteroatoms. The van der Waals surface area contributed by atoms with E-state index in [1.165, 1.54) is 7.11 Å². The number of carbonyl (C=O) groups excluding carboxylic acids is 1. The number of amides is 1. The maximum atomic E-state index is 12.4. The Morgan fingerprint density at radius 1 is 1.17 bits per heavy atom. The Morgan fingerprint density at radius 3 is 2.29 bits per heavy atom. The standard InChI is InChI=1S/C17H26N2O5/c1-11-6-5-7-12(2)19(11)17(20)24-10-13-8-15(22-3)16(23-4)9-14(13)18-21/h8-9,11-12,15-16H,5-7,10H2,1-4H3. The van der Waals surface area contributed by atoms with Crippen molar-refractivity contribution in [3.63, 3.8) is 0 Å². The fourth-order valence-corrected chi connectivity index (χ4v) is 3.35. The molecule has 1 saturated heterocycles. The van der Waals surface area contributed by atoms with Gasteiger partial charge >= 0.3 is 6.09 Å². The van der Waals surface area contributed by atoms with Gasteiger partial charge in [0.2, 0.25) is 0 Å². The van der Waals surface area contributed by atoms with Crippen LogP contribution in [-0.4, -0.2) is 56.1 Å². The predicted molar refractivity (Wildman–Crippen MR) is 89.5 cm³/mol. The van der Waals surface area contributed by atoms with Gasteiger partial charge in [-0.15, -0.1) is 4.91 Å². The molecule has 1 aliphatic heterocycles. The molecule has 0 bridgehead atoms. The molecule has 1 fully saturated rings. The molecule has 0 radical (unpaired) electrons. The largest absolute Gasteiger partial charge is 0.444 e. The van der Waals surface area contributed by atoms with Crippen LogP contribution in [0.4, 0.5) is 4.79 Å². The van der Waals surface area contributed by atoms with Crippen LogP contribution in [0.3, 0.4) is 0 Å². The van der Waals surface area contributed by atoms with Crippen LogP contribution in [0, 0.1) is 4.91 Å². The van der Waals surface area contributed by atoms with Crippen molar-refractivity contribution in [2.45, 2.75) is 57.4 Å². The lowest BCUT2D eigenvalue weighted by Crippen LogP contribution is -2.47. The van der Waals surface area contributed by atoms with Crippen LogP contribution in [0.5, 0.6) is 0 Å². The Morgan fingerprint density at radius 2 is 1.75 bits per heavy atom. The topological polar surface area (TPSA) is 77.4 Å². The fourth-order valence-electron chi connectivity index (χ4n) is 3.35. The SMILES string of the molecule is COC1C=C(COC(=O)N2C(C)CCCC2C)C(N=O)=CC1OC. The number of hydrogen-bond acceptors (Lipinski definition) is 6. The summed E-state index contributed by atoms with van der Waals surface area (Å²) in [6.07, 6.45) is 5.30. The second-order valence-corrected chi connectivity index (χ2v) is 6.33. The Balaban J connectivity index is 2.04. The van der Waals surface area contributed by atoms with Crippen LogP contribution in [0.2, 0.25) is 0 Å². The number of nitroso groups, excluding NO2 is 1. The minimum atomic E-state index is -0.385. The van der Waals surface area contributed by atoms with E-state index in [-0.39, 0.29) is 42.7 Å². The third-order valence-electron chi connectivity index (χ3n) is 4.74. The summed E-state index contributed by atoms with van der Waals surface area (Å²) in [7, 11) is 3.09. The average Bonchev–Trinajstić information content (AvgIpc) is 2.58. The zero-order valence-electron chi connectivity index (χ0n) is 14.7. The van der Waals surface area contributed by atoms with Crippen molar-refractivity contribution < 1.29 is 19.0 Å². The van der Waals surface area contributed by atoms with Crippen LogP contribution < -0.4 is 0 Å². The highest BCUT2D eigenvalue weighted by atomic mass is 16.6. The number of piperidine rings is 1. The number of ether oxygens (including phenoxy) is 3. The summed E-state index contributed by atoms with van der Waals surface area (Å²) in [5, 5.41) is 3.02. The summed E-state index contributed by atoms with van der Waals surface area (Å²) < 4.78 is 16.0. The molecule has 4 atom stereocenters. The first-order chi connectivity index (χ1) is 11.5. The number of carbonyl (C=O) groups is 1. The molecular weight excluding hydrogens is 312 g/mol. The first-order valence-electron chi connectivity index (χ1n) is 8.28. The number of likely N-dealkylation sites (tertiary alicyclic amines) is 1. The molecule has 0 aromatic rings. The van der Waals surface area contributed by atoms with E-state index in [1.807, 2.05) is 13.8 Å². The molecule has 24 heavy (non-hydrogen) atoms. The summed E-state index contributed by atoms with van der Waals surface area (Å²) in [6, 6.07) is 0.316. The van der Waals surface area contributed by atoms with Gasteiger partial charge in [-0.2, -0.15) is 0 Å². The zero-order chi connectivity index (χ0) is 17.7. The van der Waals surface area contributed by atoms with E-state index in [9.17, 15) is 9.70 Å². The first-order valence-corrected chi connectivity index (χ1v) is 8.28. The van der Waals surface area contributed by atoms with Crippen molar-refractivity contribution in [1.29, 1.82) is 0 Å². The zero-order valence-corrected chi connectivity index (χ0v) is 14.7. The highest BCUT2D eigenvalue weighted by Crippen LogP contribution is 2.26. The maximum absolute atomic E-state index is 12.4. The van der Waals surface area contributed by atoms with E-state index in [4.69, 9.17) is 14.2 Å². The van der Waals surface area contributed by atoms with E-state index < -0.39 is 0 Å². The molecule has 0 aromatic heterocycles. The van der Waals surface area contributed by atoms with Gasteiger partial charge in [-0.3, -0.25) is 0 Å².